The predicted molar refractivity (Wildman–Crippen MR) is 63.6 cm³/mol. The molecule has 7 nitrogen and oxygen atoms in total. The van der Waals surface area contributed by atoms with Gasteiger partial charge in [0.25, 0.3) is 0 Å². The van der Waals surface area contributed by atoms with Crippen LogP contribution >= 0.6 is 0 Å². The topological polar surface area (TPSA) is 111 Å². The number of nitrogens with zero attached hydrogens (tertiary/aromatic N) is 1. The van der Waals surface area contributed by atoms with Crippen LogP contribution in [-0.2, 0) is 19.7 Å². The molecule has 98 valence electrons. The molecular weight excluding hydrogens is 282 g/mol. The smallest absolute Gasteiger partial charge is 0.258 e. The highest BCUT2D eigenvalue weighted by Crippen LogP contribution is 2.31. The number of rotatable bonds is 4. The Morgan fingerprint density at radius 1 is 1.22 bits per heavy atom. The van der Waals surface area contributed by atoms with Crippen molar-refractivity contribution >= 4 is 25.4 Å². The maximum atomic E-state index is 11.6. The van der Waals surface area contributed by atoms with Gasteiger partial charge in [-0.1, -0.05) is 12.6 Å². The van der Waals surface area contributed by atoms with E-state index in [0.29, 0.717) is 5.41 Å². The van der Waals surface area contributed by atoms with Gasteiger partial charge >= 0.3 is 5.69 Å². The fraction of sp³-hybridized carbons (Fsp3) is 0.111. The summed E-state index contributed by atoms with van der Waals surface area (Å²) in [6.45, 7) is 3.04. The second-order valence-corrected chi connectivity index (χ2v) is 7.19. The highest BCUT2D eigenvalue weighted by molar-refractivity contribution is 7.94. The van der Waals surface area contributed by atoms with Gasteiger partial charge in [-0.05, 0) is 12.1 Å². The van der Waals surface area contributed by atoms with Crippen molar-refractivity contribution in [2.75, 3.05) is 6.26 Å². The Hall–Kier alpha value is -1.74. The monoisotopic (exact) mass is 291 g/mol. The number of benzene rings is 1. The lowest BCUT2D eigenvalue weighted by atomic mass is 10.3. The van der Waals surface area contributed by atoms with Gasteiger partial charge in [-0.15, -0.1) is 0 Å². The molecule has 0 spiro atoms. The molecule has 0 N–H and O–H groups in total. The highest BCUT2D eigenvalue weighted by atomic mass is 32.2. The SMILES string of the molecule is C=CS(=O)(=O)c1cccc(S(C)(=O)=O)c1[N+](=O)[O-]. The first-order valence-electron chi connectivity index (χ1n) is 4.46. The number of sulfone groups is 2. The van der Waals surface area contributed by atoms with Gasteiger partial charge in [0.05, 0.1) is 4.92 Å². The standard InChI is InChI=1S/C9H9NO6S2/c1-3-18(15,16)8-6-4-5-7(17(2,13)14)9(8)10(11)12/h3-6H,1H2,2H3. The van der Waals surface area contributed by atoms with Crippen LogP contribution in [0.15, 0.2) is 40.0 Å². The normalized spacial score (nSPS) is 12.1. The number of nitro benzene ring substituents is 1. The van der Waals surface area contributed by atoms with E-state index in [1.54, 1.807) is 0 Å². The van der Waals surface area contributed by atoms with Gasteiger partial charge in [0.15, 0.2) is 9.84 Å². The summed E-state index contributed by atoms with van der Waals surface area (Å²) in [5, 5.41) is 11.4. The summed E-state index contributed by atoms with van der Waals surface area (Å²) >= 11 is 0. The zero-order valence-corrected chi connectivity index (χ0v) is 10.9. The third-order valence-corrected chi connectivity index (χ3v) is 4.58. The van der Waals surface area contributed by atoms with E-state index in [2.05, 4.69) is 6.58 Å². The molecule has 0 amide bonds. The summed E-state index contributed by atoms with van der Waals surface area (Å²) in [4.78, 5) is 8.53. The van der Waals surface area contributed by atoms with E-state index < -0.39 is 40.1 Å². The third-order valence-electron chi connectivity index (χ3n) is 2.07. The predicted octanol–water partition coefficient (Wildman–Crippen LogP) is 0.915. The van der Waals surface area contributed by atoms with Gasteiger partial charge < -0.3 is 0 Å². The summed E-state index contributed by atoms with van der Waals surface area (Å²) in [6, 6.07) is 3.07. The summed E-state index contributed by atoms with van der Waals surface area (Å²) in [6.07, 6.45) is 0.764. The van der Waals surface area contributed by atoms with Crippen molar-refractivity contribution in [3.05, 3.63) is 40.3 Å². The minimum atomic E-state index is -4.10. The van der Waals surface area contributed by atoms with Gasteiger partial charge in [0, 0.05) is 11.7 Å². The summed E-state index contributed by atoms with van der Waals surface area (Å²) in [7, 11) is -8.01. The molecule has 0 atom stereocenters. The minimum absolute atomic E-state index is 0.529. The Balaban J connectivity index is 3.89. The van der Waals surface area contributed by atoms with Crippen LogP contribution in [0.25, 0.3) is 0 Å². The van der Waals surface area contributed by atoms with E-state index in [1.807, 2.05) is 0 Å². The van der Waals surface area contributed by atoms with Crippen LogP contribution in [0.4, 0.5) is 5.69 Å². The molecule has 0 aromatic heterocycles. The van der Waals surface area contributed by atoms with Gasteiger partial charge in [-0.25, -0.2) is 16.8 Å². The van der Waals surface area contributed by atoms with Crippen LogP contribution < -0.4 is 0 Å². The molecule has 0 heterocycles. The van der Waals surface area contributed by atoms with Crippen molar-refractivity contribution in [1.29, 1.82) is 0 Å². The Morgan fingerprint density at radius 3 is 2.11 bits per heavy atom. The maximum Gasteiger partial charge on any atom is 0.306 e. The molecule has 18 heavy (non-hydrogen) atoms. The summed E-state index contributed by atoms with van der Waals surface area (Å²) in [5.74, 6) is 0. The number of para-hydroxylation sites is 1. The van der Waals surface area contributed by atoms with Crippen molar-refractivity contribution in [1.82, 2.24) is 0 Å². The Kier molecular flexibility index (Phi) is 3.58. The van der Waals surface area contributed by atoms with Crippen molar-refractivity contribution in [2.24, 2.45) is 0 Å². The van der Waals surface area contributed by atoms with E-state index >= 15 is 0 Å². The van der Waals surface area contributed by atoms with E-state index in [-0.39, 0.29) is 0 Å². The lowest BCUT2D eigenvalue weighted by Crippen LogP contribution is -2.08. The minimum Gasteiger partial charge on any atom is -0.258 e. The van der Waals surface area contributed by atoms with E-state index in [1.165, 1.54) is 0 Å². The average Bonchev–Trinajstić information content (AvgIpc) is 2.26. The first-order chi connectivity index (χ1) is 8.11. The van der Waals surface area contributed by atoms with E-state index in [4.69, 9.17) is 0 Å². The Labute approximate surface area is 104 Å². The van der Waals surface area contributed by atoms with Crippen LogP contribution in [0.2, 0.25) is 0 Å². The lowest BCUT2D eigenvalue weighted by molar-refractivity contribution is -0.390. The average molecular weight is 291 g/mol. The van der Waals surface area contributed by atoms with Gasteiger partial charge in [0.2, 0.25) is 9.84 Å². The van der Waals surface area contributed by atoms with Crippen molar-refractivity contribution < 1.29 is 21.8 Å². The molecule has 1 aromatic rings. The fourth-order valence-electron chi connectivity index (χ4n) is 1.30. The van der Waals surface area contributed by atoms with E-state index in [9.17, 15) is 26.9 Å². The molecule has 1 aromatic carbocycles. The highest BCUT2D eigenvalue weighted by Gasteiger charge is 2.31. The molecule has 0 bridgehead atoms. The molecule has 9 heteroatoms. The molecule has 0 aliphatic carbocycles. The maximum absolute atomic E-state index is 11.6. The van der Waals surface area contributed by atoms with Gasteiger partial charge in [0.1, 0.15) is 9.79 Å². The number of hydrogen-bond acceptors (Lipinski definition) is 6. The van der Waals surface area contributed by atoms with Crippen LogP contribution in [0.1, 0.15) is 0 Å². The van der Waals surface area contributed by atoms with Crippen LogP contribution in [0.5, 0.6) is 0 Å². The zero-order valence-electron chi connectivity index (χ0n) is 9.23. The molecule has 0 unspecified atom stereocenters. The summed E-state index contributed by atoms with van der Waals surface area (Å²) in [5.41, 5.74) is -0.958. The molecule has 0 fully saturated rings. The first kappa shape index (κ1) is 14.3. The van der Waals surface area contributed by atoms with Gasteiger partial charge in [-0.2, -0.15) is 0 Å². The summed E-state index contributed by atoms with van der Waals surface area (Å²) < 4.78 is 46.0. The molecule has 1 rings (SSSR count). The third kappa shape index (κ3) is 2.57. The second-order valence-electron chi connectivity index (χ2n) is 3.34. The van der Waals surface area contributed by atoms with Crippen LogP contribution in [0, 0.1) is 10.1 Å². The van der Waals surface area contributed by atoms with Gasteiger partial charge in [-0.3, -0.25) is 10.1 Å². The molecule has 0 saturated heterocycles. The van der Waals surface area contributed by atoms with Crippen LogP contribution in [-0.4, -0.2) is 28.0 Å². The van der Waals surface area contributed by atoms with Crippen LogP contribution in [0.3, 0.4) is 0 Å². The Morgan fingerprint density at radius 2 is 1.72 bits per heavy atom. The lowest BCUT2D eigenvalue weighted by Gasteiger charge is -2.05. The molecule has 0 radical (unpaired) electrons. The van der Waals surface area contributed by atoms with Crippen molar-refractivity contribution in [2.45, 2.75) is 9.79 Å². The van der Waals surface area contributed by atoms with Crippen molar-refractivity contribution in [3.8, 4) is 0 Å². The second kappa shape index (κ2) is 4.50. The number of nitro groups is 1. The molecule has 0 saturated carbocycles. The fourth-order valence-corrected chi connectivity index (χ4v) is 3.13. The zero-order chi connectivity index (χ0) is 14.1. The first-order valence-corrected chi connectivity index (χ1v) is 7.90. The molecular formula is C9H9NO6S2. The quantitative estimate of drug-likeness (QED) is 0.602. The number of hydrogen-bond donors (Lipinski definition) is 0. The Bertz CT molecular complexity index is 717. The van der Waals surface area contributed by atoms with Crippen molar-refractivity contribution in [3.63, 3.8) is 0 Å². The largest absolute Gasteiger partial charge is 0.306 e. The molecule has 0 aliphatic rings. The van der Waals surface area contributed by atoms with E-state index in [0.717, 1.165) is 24.5 Å². The molecule has 0 aliphatic heterocycles.